The van der Waals surface area contributed by atoms with Crippen LogP contribution in [0, 0.1) is 0 Å². The van der Waals surface area contributed by atoms with Crippen LogP contribution in [0.1, 0.15) is 22.8 Å². The summed E-state index contributed by atoms with van der Waals surface area (Å²) < 4.78 is 5.91. The topological polar surface area (TPSA) is 9.23 Å². The van der Waals surface area contributed by atoms with Gasteiger partial charge in [0, 0.05) is 6.42 Å². The molecule has 0 saturated carbocycles. The molecule has 2 aromatic carbocycles. The van der Waals surface area contributed by atoms with Crippen molar-refractivity contribution in [2.45, 2.75) is 18.9 Å². The highest BCUT2D eigenvalue weighted by atomic mass is 16.5. The normalized spacial score (nSPS) is 18.7. The molecule has 1 aliphatic heterocycles. The van der Waals surface area contributed by atoms with E-state index < -0.39 is 0 Å². The predicted molar refractivity (Wildman–Crippen MR) is 69.0 cm³/mol. The lowest BCUT2D eigenvalue weighted by Crippen LogP contribution is -2.17. The molecule has 0 aromatic heterocycles. The second-order valence-corrected chi connectivity index (χ2v) is 4.50. The monoisotopic (exact) mass is 224 g/mol. The molecule has 1 heterocycles. The molecule has 0 bridgehead atoms. The Balaban J connectivity index is 1.86. The van der Waals surface area contributed by atoms with Crippen molar-refractivity contribution >= 4 is 0 Å². The van der Waals surface area contributed by atoms with E-state index in [-0.39, 0.29) is 6.10 Å². The Labute approximate surface area is 102 Å². The molecule has 0 N–H and O–H groups in total. The molecule has 1 nitrogen and oxygen atoms in total. The van der Waals surface area contributed by atoms with Crippen molar-refractivity contribution in [2.24, 2.45) is 0 Å². The van der Waals surface area contributed by atoms with Gasteiger partial charge in [0.25, 0.3) is 0 Å². The molecule has 2 aromatic rings. The number of ether oxygens (including phenoxy) is 1. The Hall–Kier alpha value is -1.60. The van der Waals surface area contributed by atoms with E-state index in [1.165, 1.54) is 16.7 Å². The summed E-state index contributed by atoms with van der Waals surface area (Å²) in [4.78, 5) is 0. The van der Waals surface area contributed by atoms with Crippen LogP contribution in [-0.4, -0.2) is 6.61 Å². The van der Waals surface area contributed by atoms with Crippen molar-refractivity contribution < 1.29 is 4.74 Å². The molecule has 0 fully saturated rings. The largest absolute Gasteiger partial charge is 0.373 e. The summed E-state index contributed by atoms with van der Waals surface area (Å²) in [5, 5.41) is 0. The molecule has 17 heavy (non-hydrogen) atoms. The number of benzene rings is 2. The Kier molecular flexibility index (Phi) is 2.93. The zero-order valence-corrected chi connectivity index (χ0v) is 9.80. The van der Waals surface area contributed by atoms with E-state index in [9.17, 15) is 0 Å². The van der Waals surface area contributed by atoms with Crippen molar-refractivity contribution in [3.63, 3.8) is 0 Å². The Morgan fingerprint density at radius 3 is 2.59 bits per heavy atom. The third kappa shape index (κ3) is 2.25. The summed E-state index contributed by atoms with van der Waals surface area (Å²) in [6.45, 7) is 0.842. The third-order valence-corrected chi connectivity index (χ3v) is 3.36. The second-order valence-electron chi connectivity index (χ2n) is 4.50. The maximum atomic E-state index is 5.91. The Morgan fingerprint density at radius 2 is 1.71 bits per heavy atom. The predicted octanol–water partition coefficient (Wildman–Crippen LogP) is 3.54. The fourth-order valence-corrected chi connectivity index (χ4v) is 2.47. The second kappa shape index (κ2) is 4.72. The van der Waals surface area contributed by atoms with Gasteiger partial charge in [-0.15, -0.1) is 0 Å². The molecule has 0 spiro atoms. The standard InChI is InChI=1S/C16H16O/c1-2-6-13(7-3-1)12-16-15-9-5-4-8-14(15)10-11-17-16/h1-9,16H,10-12H2. The smallest absolute Gasteiger partial charge is 0.0868 e. The minimum atomic E-state index is 0.224. The van der Waals surface area contributed by atoms with Crippen LogP contribution < -0.4 is 0 Å². The fraction of sp³-hybridized carbons (Fsp3) is 0.250. The van der Waals surface area contributed by atoms with Gasteiger partial charge >= 0.3 is 0 Å². The molecule has 1 atom stereocenters. The first-order valence-electron chi connectivity index (χ1n) is 6.17. The molecule has 1 heteroatoms. The number of hydrogen-bond donors (Lipinski definition) is 0. The van der Waals surface area contributed by atoms with Crippen molar-refractivity contribution in [3.8, 4) is 0 Å². The molecule has 1 unspecified atom stereocenters. The van der Waals surface area contributed by atoms with Crippen LogP contribution in [0.3, 0.4) is 0 Å². The van der Waals surface area contributed by atoms with Gasteiger partial charge in [0.05, 0.1) is 12.7 Å². The van der Waals surface area contributed by atoms with Crippen molar-refractivity contribution in [2.75, 3.05) is 6.61 Å². The summed E-state index contributed by atoms with van der Waals surface area (Å²) >= 11 is 0. The van der Waals surface area contributed by atoms with Gasteiger partial charge in [-0.25, -0.2) is 0 Å². The van der Waals surface area contributed by atoms with Crippen LogP contribution in [0.25, 0.3) is 0 Å². The number of hydrogen-bond acceptors (Lipinski definition) is 1. The molecule has 0 amide bonds. The van der Waals surface area contributed by atoms with E-state index in [4.69, 9.17) is 4.74 Å². The van der Waals surface area contributed by atoms with Gasteiger partial charge in [-0.3, -0.25) is 0 Å². The van der Waals surface area contributed by atoms with Gasteiger partial charge in [-0.05, 0) is 23.1 Å². The first kappa shape index (κ1) is 10.5. The first-order valence-corrected chi connectivity index (χ1v) is 6.17. The number of fused-ring (bicyclic) bond motifs is 1. The Morgan fingerprint density at radius 1 is 0.941 bits per heavy atom. The van der Waals surface area contributed by atoms with Crippen molar-refractivity contribution in [3.05, 3.63) is 71.3 Å². The molecule has 0 saturated heterocycles. The highest BCUT2D eigenvalue weighted by molar-refractivity contribution is 5.32. The zero-order valence-electron chi connectivity index (χ0n) is 9.80. The lowest BCUT2D eigenvalue weighted by atomic mass is 9.93. The van der Waals surface area contributed by atoms with E-state index in [2.05, 4.69) is 54.6 Å². The third-order valence-electron chi connectivity index (χ3n) is 3.36. The first-order chi connectivity index (χ1) is 8.43. The molecular weight excluding hydrogens is 208 g/mol. The lowest BCUT2D eigenvalue weighted by molar-refractivity contribution is 0.0427. The quantitative estimate of drug-likeness (QED) is 0.758. The summed E-state index contributed by atoms with van der Waals surface area (Å²) in [6.07, 6.45) is 2.24. The average molecular weight is 224 g/mol. The lowest BCUT2D eigenvalue weighted by Gasteiger charge is -2.26. The van der Waals surface area contributed by atoms with E-state index >= 15 is 0 Å². The Bertz CT molecular complexity index is 490. The van der Waals surface area contributed by atoms with Crippen molar-refractivity contribution in [1.29, 1.82) is 0 Å². The van der Waals surface area contributed by atoms with E-state index in [0.717, 1.165) is 19.4 Å². The maximum Gasteiger partial charge on any atom is 0.0868 e. The van der Waals surface area contributed by atoms with Crippen LogP contribution in [-0.2, 0) is 17.6 Å². The van der Waals surface area contributed by atoms with Gasteiger partial charge in [-0.1, -0.05) is 54.6 Å². The summed E-state index contributed by atoms with van der Waals surface area (Å²) in [5.41, 5.74) is 4.15. The van der Waals surface area contributed by atoms with Crippen LogP contribution in [0.2, 0.25) is 0 Å². The van der Waals surface area contributed by atoms with Gasteiger partial charge in [0.2, 0.25) is 0 Å². The average Bonchev–Trinajstić information content (AvgIpc) is 2.40. The van der Waals surface area contributed by atoms with Crippen LogP contribution >= 0.6 is 0 Å². The summed E-state index contributed by atoms with van der Waals surface area (Å²) in [6, 6.07) is 19.2. The molecule has 0 aliphatic carbocycles. The summed E-state index contributed by atoms with van der Waals surface area (Å²) in [7, 11) is 0. The molecule has 86 valence electrons. The van der Waals surface area contributed by atoms with Crippen LogP contribution in [0.4, 0.5) is 0 Å². The highest BCUT2D eigenvalue weighted by Crippen LogP contribution is 2.29. The fourth-order valence-electron chi connectivity index (χ4n) is 2.47. The van der Waals surface area contributed by atoms with Crippen molar-refractivity contribution in [1.82, 2.24) is 0 Å². The molecule has 3 rings (SSSR count). The SMILES string of the molecule is c1ccc(CC2OCCc3ccccc32)cc1. The van der Waals surface area contributed by atoms with E-state index in [0.29, 0.717) is 0 Å². The van der Waals surface area contributed by atoms with Crippen LogP contribution in [0.15, 0.2) is 54.6 Å². The van der Waals surface area contributed by atoms with Crippen LogP contribution in [0.5, 0.6) is 0 Å². The van der Waals surface area contributed by atoms with Gasteiger partial charge in [0.15, 0.2) is 0 Å². The minimum Gasteiger partial charge on any atom is -0.373 e. The zero-order chi connectivity index (χ0) is 11.5. The molecule has 1 aliphatic rings. The van der Waals surface area contributed by atoms with Gasteiger partial charge in [0.1, 0.15) is 0 Å². The van der Waals surface area contributed by atoms with E-state index in [1.807, 2.05) is 0 Å². The number of rotatable bonds is 2. The molecule has 0 radical (unpaired) electrons. The molecular formula is C16H16O. The summed E-state index contributed by atoms with van der Waals surface area (Å²) in [5.74, 6) is 0. The maximum absolute atomic E-state index is 5.91. The highest BCUT2D eigenvalue weighted by Gasteiger charge is 2.20. The minimum absolute atomic E-state index is 0.224. The van der Waals surface area contributed by atoms with E-state index in [1.54, 1.807) is 0 Å². The van der Waals surface area contributed by atoms with Gasteiger partial charge < -0.3 is 4.74 Å². The van der Waals surface area contributed by atoms with Gasteiger partial charge in [-0.2, -0.15) is 0 Å².